The van der Waals surface area contributed by atoms with Crippen LogP contribution >= 0.6 is 11.3 Å². The van der Waals surface area contributed by atoms with E-state index < -0.39 is 18.3 Å². The number of carbonyl (C=O) groups is 1. The van der Waals surface area contributed by atoms with Gasteiger partial charge in [0.1, 0.15) is 23.8 Å². The number of hydrogen-bond acceptors (Lipinski definition) is 7. The number of aromatic nitrogens is 3. The van der Waals surface area contributed by atoms with Crippen LogP contribution in [-0.4, -0.2) is 26.0 Å². The fourth-order valence-corrected chi connectivity index (χ4v) is 3.21. The Labute approximate surface area is 162 Å². The van der Waals surface area contributed by atoms with E-state index in [9.17, 15) is 14.3 Å². The normalized spacial score (nSPS) is 10.8. The molecule has 9 heteroatoms. The largest absolute Gasteiger partial charge is 0.432 e. The molecule has 0 saturated heterocycles. The first-order valence-corrected chi connectivity index (χ1v) is 9.07. The third-order valence-corrected chi connectivity index (χ3v) is 4.54. The molecule has 0 bridgehead atoms. The van der Waals surface area contributed by atoms with E-state index in [1.807, 2.05) is 12.1 Å². The van der Waals surface area contributed by atoms with E-state index in [2.05, 4.69) is 20.3 Å². The summed E-state index contributed by atoms with van der Waals surface area (Å²) in [4.78, 5) is 25.4. The van der Waals surface area contributed by atoms with Crippen molar-refractivity contribution in [3.8, 4) is 22.6 Å². The Balaban J connectivity index is 1.61. The van der Waals surface area contributed by atoms with Gasteiger partial charge in [-0.15, -0.1) is 11.3 Å². The lowest BCUT2D eigenvalue weighted by Crippen LogP contribution is -2.12. The molecule has 2 N–H and O–H groups in total. The Morgan fingerprint density at radius 3 is 2.68 bits per heavy atom. The number of rotatable bonds is 5. The van der Waals surface area contributed by atoms with Crippen LogP contribution in [0.15, 0.2) is 58.5 Å². The first-order chi connectivity index (χ1) is 13.6. The lowest BCUT2D eigenvalue weighted by molar-refractivity contribution is 0.0992. The van der Waals surface area contributed by atoms with Crippen molar-refractivity contribution >= 4 is 22.4 Å². The lowest BCUT2D eigenvalue weighted by atomic mass is 10.1. The van der Waals surface area contributed by atoms with Crippen molar-refractivity contribution in [2.45, 2.75) is 6.61 Å². The third kappa shape index (κ3) is 3.66. The minimum atomic E-state index is -0.576. The Morgan fingerprint density at radius 1 is 1.14 bits per heavy atom. The Bertz CT molecular complexity index is 1110. The quantitative estimate of drug-likeness (QED) is 0.533. The van der Waals surface area contributed by atoms with E-state index in [1.54, 1.807) is 17.6 Å². The molecular formula is C19H13FN4O3S. The van der Waals surface area contributed by atoms with Crippen LogP contribution in [0.25, 0.3) is 22.6 Å². The number of anilines is 1. The van der Waals surface area contributed by atoms with Crippen molar-refractivity contribution in [3.63, 3.8) is 0 Å². The second-order valence-corrected chi connectivity index (χ2v) is 6.52. The van der Waals surface area contributed by atoms with Gasteiger partial charge in [-0.3, -0.25) is 15.1 Å². The summed E-state index contributed by atoms with van der Waals surface area (Å²) in [6.45, 7) is -0.470. The van der Waals surface area contributed by atoms with Crippen LogP contribution in [0.3, 0.4) is 0 Å². The summed E-state index contributed by atoms with van der Waals surface area (Å²) in [6, 6.07) is 10.9. The highest BCUT2D eigenvalue weighted by Gasteiger charge is 2.22. The molecule has 28 heavy (non-hydrogen) atoms. The highest BCUT2D eigenvalue weighted by molar-refractivity contribution is 7.14. The molecule has 7 nitrogen and oxygen atoms in total. The molecule has 0 unspecified atom stereocenters. The molecule has 0 aliphatic carbocycles. The Hall–Kier alpha value is -3.43. The molecular weight excluding hydrogens is 383 g/mol. The highest BCUT2D eigenvalue weighted by atomic mass is 32.1. The fourth-order valence-electron chi connectivity index (χ4n) is 2.51. The first kappa shape index (κ1) is 18.0. The maximum Gasteiger partial charge on any atom is 0.295 e. The molecule has 3 heterocycles. The van der Waals surface area contributed by atoms with E-state index >= 15 is 0 Å². The van der Waals surface area contributed by atoms with E-state index in [0.717, 1.165) is 0 Å². The summed E-state index contributed by atoms with van der Waals surface area (Å²) in [5.41, 5.74) is 2.02. The van der Waals surface area contributed by atoms with Gasteiger partial charge in [-0.05, 0) is 36.4 Å². The number of aliphatic hydroxyl groups excluding tert-OH is 1. The number of thiazole rings is 1. The van der Waals surface area contributed by atoms with Crippen LogP contribution in [0.1, 0.15) is 16.4 Å². The maximum atomic E-state index is 13.2. The standard InChI is InChI=1S/C19H13FN4O3S/c20-12-6-4-11(5-7-12)16-17(27-15(9-25)23-16)18(26)24-19-22-14(10-28-19)13-3-1-2-8-21-13/h1-8,10,25H,9H2,(H,22,24,26). The minimum absolute atomic E-state index is 0.0159. The zero-order chi connectivity index (χ0) is 19.5. The van der Waals surface area contributed by atoms with E-state index in [4.69, 9.17) is 4.42 Å². The molecule has 4 rings (SSSR count). The van der Waals surface area contributed by atoms with E-state index in [1.165, 1.54) is 35.6 Å². The number of nitrogens with zero attached hydrogens (tertiary/aromatic N) is 3. The van der Waals surface area contributed by atoms with Gasteiger partial charge >= 0.3 is 0 Å². The Kier molecular flexibility index (Phi) is 4.92. The summed E-state index contributed by atoms with van der Waals surface area (Å²) in [6.07, 6.45) is 1.66. The predicted octanol–water partition coefficient (Wildman–Crippen LogP) is 3.74. The van der Waals surface area contributed by atoms with Gasteiger partial charge in [0.15, 0.2) is 5.13 Å². The number of hydrogen-bond donors (Lipinski definition) is 2. The van der Waals surface area contributed by atoms with E-state index in [-0.39, 0.29) is 17.3 Å². The van der Waals surface area contributed by atoms with Gasteiger partial charge in [0.25, 0.3) is 5.91 Å². The summed E-state index contributed by atoms with van der Waals surface area (Å²) in [7, 11) is 0. The average molecular weight is 396 g/mol. The summed E-state index contributed by atoms with van der Waals surface area (Å²) in [5, 5.41) is 14.1. The molecule has 3 aromatic heterocycles. The number of halogens is 1. The summed E-state index contributed by atoms with van der Waals surface area (Å²) >= 11 is 1.24. The molecule has 0 aliphatic rings. The molecule has 0 fully saturated rings. The van der Waals surface area contributed by atoms with Crippen LogP contribution in [0.5, 0.6) is 0 Å². The minimum Gasteiger partial charge on any atom is -0.432 e. The van der Waals surface area contributed by atoms with Gasteiger partial charge < -0.3 is 9.52 Å². The van der Waals surface area contributed by atoms with Crippen LogP contribution in [0, 0.1) is 5.82 Å². The van der Waals surface area contributed by atoms with Gasteiger partial charge in [0.05, 0.1) is 5.69 Å². The number of benzene rings is 1. The SMILES string of the molecule is O=C(Nc1nc(-c2ccccn2)cs1)c1oc(CO)nc1-c1ccc(F)cc1. The third-order valence-electron chi connectivity index (χ3n) is 3.78. The summed E-state index contributed by atoms with van der Waals surface area (Å²) in [5.74, 6) is -1.10. The maximum absolute atomic E-state index is 13.2. The molecule has 0 saturated carbocycles. The molecule has 4 aromatic rings. The van der Waals surface area contributed by atoms with Crippen molar-refractivity contribution in [2.75, 3.05) is 5.32 Å². The van der Waals surface area contributed by atoms with Crippen molar-refractivity contribution in [2.24, 2.45) is 0 Å². The fraction of sp³-hybridized carbons (Fsp3) is 0.0526. The zero-order valence-corrected chi connectivity index (χ0v) is 15.1. The number of amides is 1. The monoisotopic (exact) mass is 396 g/mol. The first-order valence-electron chi connectivity index (χ1n) is 8.19. The van der Waals surface area contributed by atoms with Crippen molar-refractivity contribution in [1.29, 1.82) is 0 Å². The van der Waals surface area contributed by atoms with Gasteiger partial charge in [-0.25, -0.2) is 14.4 Å². The highest BCUT2D eigenvalue weighted by Crippen LogP contribution is 2.27. The average Bonchev–Trinajstić information content (AvgIpc) is 3.36. The van der Waals surface area contributed by atoms with Crippen LogP contribution in [0.2, 0.25) is 0 Å². The molecule has 1 aromatic carbocycles. The number of nitrogens with one attached hydrogen (secondary N) is 1. The van der Waals surface area contributed by atoms with Crippen molar-refractivity contribution < 1.29 is 18.7 Å². The second kappa shape index (κ2) is 7.67. The molecule has 0 spiro atoms. The molecule has 0 aliphatic heterocycles. The van der Waals surface area contributed by atoms with Gasteiger partial charge in [-0.1, -0.05) is 6.07 Å². The van der Waals surface area contributed by atoms with Gasteiger partial charge in [-0.2, -0.15) is 0 Å². The van der Waals surface area contributed by atoms with Crippen molar-refractivity contribution in [1.82, 2.24) is 15.0 Å². The van der Waals surface area contributed by atoms with Gasteiger partial charge in [0, 0.05) is 17.1 Å². The summed E-state index contributed by atoms with van der Waals surface area (Å²) < 4.78 is 18.6. The predicted molar refractivity (Wildman–Crippen MR) is 101 cm³/mol. The lowest BCUT2D eigenvalue weighted by Gasteiger charge is -2.02. The molecule has 0 radical (unpaired) electrons. The van der Waals surface area contributed by atoms with Gasteiger partial charge in [0.2, 0.25) is 11.7 Å². The number of oxazole rings is 1. The molecule has 1 amide bonds. The van der Waals surface area contributed by atoms with Crippen LogP contribution in [0.4, 0.5) is 9.52 Å². The Morgan fingerprint density at radius 2 is 1.96 bits per heavy atom. The topological polar surface area (TPSA) is 101 Å². The van der Waals surface area contributed by atoms with Crippen LogP contribution < -0.4 is 5.32 Å². The zero-order valence-electron chi connectivity index (χ0n) is 14.3. The number of pyridine rings is 1. The molecule has 140 valence electrons. The van der Waals surface area contributed by atoms with Crippen LogP contribution in [-0.2, 0) is 6.61 Å². The number of carbonyl (C=O) groups excluding carboxylic acids is 1. The van der Waals surface area contributed by atoms with E-state index in [0.29, 0.717) is 22.1 Å². The smallest absolute Gasteiger partial charge is 0.295 e. The number of aliphatic hydroxyl groups is 1. The second-order valence-electron chi connectivity index (χ2n) is 5.66. The van der Waals surface area contributed by atoms with Crippen molar-refractivity contribution in [3.05, 3.63) is 71.5 Å². The molecule has 0 atom stereocenters.